The summed E-state index contributed by atoms with van der Waals surface area (Å²) in [7, 11) is 1.65. The van der Waals surface area contributed by atoms with Crippen LogP contribution in [0.3, 0.4) is 0 Å². The third-order valence-electron chi connectivity index (χ3n) is 4.20. The second-order valence-corrected chi connectivity index (χ2v) is 6.44. The summed E-state index contributed by atoms with van der Waals surface area (Å²) in [5.41, 5.74) is 1.82. The molecule has 1 N–H and O–H groups in total. The van der Waals surface area contributed by atoms with Crippen LogP contribution in [-0.4, -0.2) is 41.9 Å². The minimum Gasteiger partial charge on any atom is -0.333 e. The molecule has 0 saturated carbocycles. The van der Waals surface area contributed by atoms with Gasteiger partial charge in [-0.1, -0.05) is 26.0 Å². The number of benzene rings is 1. The van der Waals surface area contributed by atoms with E-state index in [4.69, 9.17) is 0 Å². The quantitative estimate of drug-likeness (QED) is 0.930. The van der Waals surface area contributed by atoms with Gasteiger partial charge in [0.05, 0.1) is 23.9 Å². The zero-order valence-electron chi connectivity index (χ0n) is 13.5. The summed E-state index contributed by atoms with van der Waals surface area (Å²) < 4.78 is 13.6. The molecule has 23 heavy (non-hydrogen) atoms. The van der Waals surface area contributed by atoms with Gasteiger partial charge in [-0.15, -0.1) is 0 Å². The molecule has 2 aliphatic rings. The number of rotatable bonds is 3. The van der Waals surface area contributed by atoms with E-state index in [0.29, 0.717) is 35.8 Å². The summed E-state index contributed by atoms with van der Waals surface area (Å²) in [6.45, 7) is 5.13. The Hall–Kier alpha value is -2.37. The molecule has 2 aliphatic heterocycles. The molecule has 6 heteroatoms. The van der Waals surface area contributed by atoms with Crippen molar-refractivity contribution in [2.24, 2.45) is 5.92 Å². The molecular formula is C17H20FN3O2. The maximum absolute atomic E-state index is 13.6. The number of likely N-dealkylation sites (N-methyl/N-ethyl adjacent to an activating group) is 1. The number of nitrogens with zero attached hydrogens (tertiary/aromatic N) is 2. The maximum atomic E-state index is 13.6. The Morgan fingerprint density at radius 1 is 1.35 bits per heavy atom. The standard InChI is InChI=1S/C17H20FN3O2/c1-10(2)8-21-9-13-14(16(21)22)15(19-17(23)20(13)3)11-5-4-6-12(18)7-11/h4-7,10,15H,8-9H2,1-3H3,(H,19,23). The van der Waals surface area contributed by atoms with Crippen molar-refractivity contribution in [3.05, 3.63) is 46.9 Å². The van der Waals surface area contributed by atoms with Crippen molar-refractivity contribution in [2.75, 3.05) is 20.1 Å². The van der Waals surface area contributed by atoms with Crippen LogP contribution >= 0.6 is 0 Å². The first-order valence-corrected chi connectivity index (χ1v) is 7.70. The van der Waals surface area contributed by atoms with E-state index in [1.165, 1.54) is 17.0 Å². The number of hydrogen-bond donors (Lipinski definition) is 1. The van der Waals surface area contributed by atoms with Gasteiger partial charge in [0.1, 0.15) is 5.82 Å². The second kappa shape index (κ2) is 5.68. The van der Waals surface area contributed by atoms with Gasteiger partial charge in [-0.05, 0) is 23.6 Å². The van der Waals surface area contributed by atoms with E-state index < -0.39 is 6.04 Å². The van der Waals surface area contributed by atoms with Crippen molar-refractivity contribution in [1.29, 1.82) is 0 Å². The molecule has 0 fully saturated rings. The van der Waals surface area contributed by atoms with Crippen LogP contribution < -0.4 is 5.32 Å². The third-order valence-corrected chi connectivity index (χ3v) is 4.20. The lowest BCUT2D eigenvalue weighted by Gasteiger charge is -2.31. The lowest BCUT2D eigenvalue weighted by atomic mass is 9.95. The minimum atomic E-state index is -0.603. The van der Waals surface area contributed by atoms with Crippen LogP contribution in [0.15, 0.2) is 35.5 Å². The van der Waals surface area contributed by atoms with Crippen molar-refractivity contribution in [2.45, 2.75) is 19.9 Å². The average molecular weight is 317 g/mol. The Kier molecular flexibility index (Phi) is 3.83. The van der Waals surface area contributed by atoms with Crippen molar-refractivity contribution < 1.29 is 14.0 Å². The molecule has 1 unspecified atom stereocenters. The van der Waals surface area contributed by atoms with E-state index in [-0.39, 0.29) is 17.8 Å². The van der Waals surface area contributed by atoms with Gasteiger partial charge in [0, 0.05) is 13.6 Å². The van der Waals surface area contributed by atoms with Gasteiger partial charge in [0.15, 0.2) is 0 Å². The third kappa shape index (κ3) is 2.69. The molecule has 0 spiro atoms. The number of amides is 3. The highest BCUT2D eigenvalue weighted by Gasteiger charge is 2.42. The van der Waals surface area contributed by atoms with Crippen LogP contribution in [0.1, 0.15) is 25.5 Å². The highest BCUT2D eigenvalue weighted by atomic mass is 19.1. The smallest absolute Gasteiger partial charge is 0.322 e. The monoisotopic (exact) mass is 317 g/mol. The van der Waals surface area contributed by atoms with Gasteiger partial charge in [-0.25, -0.2) is 9.18 Å². The van der Waals surface area contributed by atoms with Crippen molar-refractivity contribution in [3.8, 4) is 0 Å². The van der Waals surface area contributed by atoms with Gasteiger partial charge >= 0.3 is 6.03 Å². The number of hydrogen-bond acceptors (Lipinski definition) is 2. The van der Waals surface area contributed by atoms with Crippen LogP contribution in [0.5, 0.6) is 0 Å². The van der Waals surface area contributed by atoms with E-state index >= 15 is 0 Å². The molecule has 0 saturated heterocycles. The molecule has 2 heterocycles. The van der Waals surface area contributed by atoms with Crippen molar-refractivity contribution in [1.82, 2.24) is 15.1 Å². The fourth-order valence-corrected chi connectivity index (χ4v) is 3.15. The number of carbonyl (C=O) groups excluding carboxylic acids is 2. The molecule has 1 aromatic rings. The van der Waals surface area contributed by atoms with Crippen LogP contribution in [0, 0.1) is 11.7 Å². The summed E-state index contributed by atoms with van der Waals surface area (Å²) >= 11 is 0. The molecule has 1 aromatic carbocycles. The van der Waals surface area contributed by atoms with E-state index in [1.54, 1.807) is 24.1 Å². The summed E-state index contributed by atoms with van der Waals surface area (Å²) in [5.74, 6) is -0.140. The average Bonchev–Trinajstić information content (AvgIpc) is 2.80. The molecule has 1 atom stereocenters. The first kappa shape index (κ1) is 15.5. The number of nitrogens with one attached hydrogen (secondary N) is 1. The second-order valence-electron chi connectivity index (χ2n) is 6.44. The van der Waals surface area contributed by atoms with E-state index in [0.717, 1.165) is 0 Å². The Morgan fingerprint density at radius 2 is 2.09 bits per heavy atom. The van der Waals surface area contributed by atoms with Gasteiger partial charge in [0.2, 0.25) is 0 Å². The molecule has 3 amide bonds. The van der Waals surface area contributed by atoms with Crippen molar-refractivity contribution >= 4 is 11.9 Å². The summed E-state index contributed by atoms with van der Waals surface area (Å²) in [6.07, 6.45) is 0. The van der Waals surface area contributed by atoms with Crippen LogP contribution in [-0.2, 0) is 4.79 Å². The zero-order valence-corrected chi connectivity index (χ0v) is 13.5. The normalized spacial score (nSPS) is 21.2. The Morgan fingerprint density at radius 3 is 2.74 bits per heavy atom. The molecular weight excluding hydrogens is 297 g/mol. The van der Waals surface area contributed by atoms with E-state index in [9.17, 15) is 14.0 Å². The first-order chi connectivity index (χ1) is 10.9. The number of carbonyl (C=O) groups is 2. The topological polar surface area (TPSA) is 52.7 Å². The van der Waals surface area contributed by atoms with Crippen molar-refractivity contribution in [3.63, 3.8) is 0 Å². The minimum absolute atomic E-state index is 0.0881. The fraction of sp³-hybridized carbons (Fsp3) is 0.412. The Balaban J connectivity index is 2.01. The first-order valence-electron chi connectivity index (χ1n) is 7.70. The van der Waals surface area contributed by atoms with Gasteiger partial charge < -0.3 is 10.2 Å². The van der Waals surface area contributed by atoms with Crippen LogP contribution in [0.25, 0.3) is 0 Å². The molecule has 0 aliphatic carbocycles. The van der Waals surface area contributed by atoms with E-state index in [2.05, 4.69) is 5.32 Å². The molecule has 0 bridgehead atoms. The lowest BCUT2D eigenvalue weighted by Crippen LogP contribution is -2.45. The van der Waals surface area contributed by atoms with Gasteiger partial charge in [0.25, 0.3) is 5.91 Å². The predicted octanol–water partition coefficient (Wildman–Crippen LogP) is 2.27. The SMILES string of the molecule is CC(C)CN1CC2=C(C1=O)C(c1cccc(F)c1)NC(=O)N2C. The molecule has 0 aromatic heterocycles. The highest BCUT2D eigenvalue weighted by molar-refractivity contribution is 6.01. The van der Waals surface area contributed by atoms with Crippen LogP contribution in [0.4, 0.5) is 9.18 Å². The molecule has 0 radical (unpaired) electrons. The Bertz CT molecular complexity index is 699. The van der Waals surface area contributed by atoms with E-state index in [1.807, 2.05) is 13.8 Å². The molecule has 122 valence electrons. The van der Waals surface area contributed by atoms with Gasteiger partial charge in [-0.3, -0.25) is 9.69 Å². The van der Waals surface area contributed by atoms with Gasteiger partial charge in [-0.2, -0.15) is 0 Å². The zero-order chi connectivity index (χ0) is 16.7. The fourth-order valence-electron chi connectivity index (χ4n) is 3.15. The maximum Gasteiger partial charge on any atom is 0.322 e. The summed E-state index contributed by atoms with van der Waals surface area (Å²) in [5, 5.41) is 2.80. The largest absolute Gasteiger partial charge is 0.333 e. The number of urea groups is 1. The van der Waals surface area contributed by atoms with Crippen LogP contribution in [0.2, 0.25) is 0 Å². The number of halogens is 1. The predicted molar refractivity (Wildman–Crippen MR) is 83.9 cm³/mol. The molecule has 3 rings (SSSR count). The molecule has 5 nitrogen and oxygen atoms in total. The Labute approximate surface area is 134 Å². The highest BCUT2D eigenvalue weighted by Crippen LogP contribution is 2.35. The summed E-state index contributed by atoms with van der Waals surface area (Å²) in [6, 6.07) is 5.13. The summed E-state index contributed by atoms with van der Waals surface area (Å²) in [4.78, 5) is 28.2. The lowest BCUT2D eigenvalue weighted by molar-refractivity contribution is -0.126.